The lowest BCUT2D eigenvalue weighted by Gasteiger charge is -2.07. The van der Waals surface area contributed by atoms with E-state index in [2.05, 4.69) is 71.9 Å². The Hall–Kier alpha value is -2.09. The van der Waals surface area contributed by atoms with Gasteiger partial charge in [0.1, 0.15) is 5.82 Å². The first-order chi connectivity index (χ1) is 10.8. The Labute approximate surface area is 132 Å². The molecule has 1 aromatic heterocycles. The molecule has 2 aromatic carbocycles. The van der Waals surface area contributed by atoms with Crippen LogP contribution in [0, 0.1) is 6.92 Å². The lowest BCUT2D eigenvalue weighted by atomic mass is 10.1. The van der Waals surface area contributed by atoms with E-state index in [1.54, 1.807) is 0 Å². The van der Waals surface area contributed by atoms with Crippen molar-refractivity contribution >= 4 is 11.0 Å². The molecule has 1 heterocycles. The van der Waals surface area contributed by atoms with Crippen LogP contribution in [0.2, 0.25) is 0 Å². The second-order valence-electron chi connectivity index (χ2n) is 5.93. The van der Waals surface area contributed by atoms with Gasteiger partial charge in [-0.15, -0.1) is 0 Å². The number of rotatable bonds is 6. The molecule has 114 valence electrons. The number of unbranched alkanes of at least 4 members (excludes halogenated alkanes) is 1. The number of hydrogen-bond acceptors (Lipinski definition) is 1. The monoisotopic (exact) mass is 292 g/mol. The van der Waals surface area contributed by atoms with Gasteiger partial charge in [-0.1, -0.05) is 43.3 Å². The van der Waals surface area contributed by atoms with E-state index < -0.39 is 0 Å². The SMILES string of the molecule is CCc1ccc(CCCCn2c(C)nc3ccccc32)cc1. The van der Waals surface area contributed by atoms with Crippen LogP contribution in [0.5, 0.6) is 0 Å². The van der Waals surface area contributed by atoms with Crippen molar-refractivity contribution in [3.8, 4) is 0 Å². The fraction of sp³-hybridized carbons (Fsp3) is 0.350. The van der Waals surface area contributed by atoms with E-state index in [0.29, 0.717) is 0 Å². The molecule has 0 saturated heterocycles. The summed E-state index contributed by atoms with van der Waals surface area (Å²) in [6.45, 7) is 5.36. The summed E-state index contributed by atoms with van der Waals surface area (Å²) < 4.78 is 2.34. The molecule has 0 aliphatic rings. The number of para-hydroxylation sites is 2. The van der Waals surface area contributed by atoms with Crippen molar-refractivity contribution in [2.24, 2.45) is 0 Å². The number of aryl methyl sites for hydroxylation is 4. The first kappa shape index (κ1) is 14.8. The summed E-state index contributed by atoms with van der Waals surface area (Å²) in [6, 6.07) is 17.5. The lowest BCUT2D eigenvalue weighted by molar-refractivity contribution is 0.609. The van der Waals surface area contributed by atoms with Gasteiger partial charge in [-0.25, -0.2) is 4.98 Å². The molecule has 0 spiro atoms. The summed E-state index contributed by atoms with van der Waals surface area (Å²) in [5, 5.41) is 0. The standard InChI is InChI=1S/C20H24N2/c1-3-17-11-13-18(14-12-17)8-6-7-15-22-16(2)21-19-9-4-5-10-20(19)22/h4-5,9-14H,3,6-8,15H2,1-2H3. The van der Waals surface area contributed by atoms with Crippen LogP contribution in [-0.2, 0) is 19.4 Å². The van der Waals surface area contributed by atoms with Crippen molar-refractivity contribution in [1.82, 2.24) is 9.55 Å². The zero-order valence-corrected chi connectivity index (χ0v) is 13.5. The van der Waals surface area contributed by atoms with E-state index in [9.17, 15) is 0 Å². The van der Waals surface area contributed by atoms with Crippen LogP contribution in [0.3, 0.4) is 0 Å². The Morgan fingerprint density at radius 3 is 2.41 bits per heavy atom. The molecule has 0 fully saturated rings. The fourth-order valence-electron chi connectivity index (χ4n) is 3.02. The summed E-state index contributed by atoms with van der Waals surface area (Å²) in [5.41, 5.74) is 5.23. The summed E-state index contributed by atoms with van der Waals surface area (Å²) in [5.74, 6) is 1.12. The molecule has 0 saturated carbocycles. The van der Waals surface area contributed by atoms with Crippen molar-refractivity contribution in [2.45, 2.75) is 46.1 Å². The Kier molecular flexibility index (Phi) is 4.57. The molecule has 0 aliphatic heterocycles. The molecule has 22 heavy (non-hydrogen) atoms. The Bertz CT molecular complexity index is 738. The first-order valence-corrected chi connectivity index (χ1v) is 8.27. The van der Waals surface area contributed by atoms with Gasteiger partial charge in [-0.3, -0.25) is 0 Å². The number of imidazole rings is 1. The predicted octanol–water partition coefficient (Wildman–Crippen LogP) is 4.93. The summed E-state index contributed by atoms with van der Waals surface area (Å²) in [6.07, 6.45) is 4.69. The van der Waals surface area contributed by atoms with Gasteiger partial charge in [-0.05, 0) is 55.9 Å². The van der Waals surface area contributed by atoms with Gasteiger partial charge in [0.15, 0.2) is 0 Å². The Morgan fingerprint density at radius 1 is 0.909 bits per heavy atom. The van der Waals surface area contributed by atoms with Gasteiger partial charge in [0.05, 0.1) is 11.0 Å². The van der Waals surface area contributed by atoms with Crippen molar-refractivity contribution in [1.29, 1.82) is 0 Å². The van der Waals surface area contributed by atoms with Gasteiger partial charge >= 0.3 is 0 Å². The maximum absolute atomic E-state index is 4.63. The predicted molar refractivity (Wildman–Crippen MR) is 93.2 cm³/mol. The van der Waals surface area contributed by atoms with Crippen molar-refractivity contribution in [2.75, 3.05) is 0 Å². The second kappa shape index (κ2) is 6.78. The van der Waals surface area contributed by atoms with E-state index >= 15 is 0 Å². The first-order valence-electron chi connectivity index (χ1n) is 8.27. The third-order valence-electron chi connectivity index (χ3n) is 4.37. The fourth-order valence-corrected chi connectivity index (χ4v) is 3.02. The van der Waals surface area contributed by atoms with E-state index in [1.165, 1.54) is 29.5 Å². The van der Waals surface area contributed by atoms with E-state index in [0.717, 1.165) is 30.7 Å². The molecular formula is C20H24N2. The van der Waals surface area contributed by atoms with Crippen LogP contribution >= 0.6 is 0 Å². The average molecular weight is 292 g/mol. The van der Waals surface area contributed by atoms with Crippen LogP contribution < -0.4 is 0 Å². The Balaban J connectivity index is 1.57. The minimum Gasteiger partial charge on any atom is -0.328 e. The highest BCUT2D eigenvalue weighted by Gasteiger charge is 2.05. The van der Waals surface area contributed by atoms with Crippen molar-refractivity contribution < 1.29 is 0 Å². The molecule has 2 heteroatoms. The topological polar surface area (TPSA) is 17.8 Å². The minimum atomic E-state index is 1.05. The lowest BCUT2D eigenvalue weighted by Crippen LogP contribution is -2.01. The molecule has 2 nitrogen and oxygen atoms in total. The maximum Gasteiger partial charge on any atom is 0.106 e. The van der Waals surface area contributed by atoms with Crippen LogP contribution in [0.25, 0.3) is 11.0 Å². The molecular weight excluding hydrogens is 268 g/mol. The molecule has 3 aromatic rings. The third kappa shape index (κ3) is 3.22. The number of hydrogen-bond donors (Lipinski definition) is 0. The van der Waals surface area contributed by atoms with Gasteiger partial charge < -0.3 is 4.57 Å². The van der Waals surface area contributed by atoms with Crippen molar-refractivity contribution in [3.05, 3.63) is 65.5 Å². The molecule has 0 atom stereocenters. The molecule has 0 unspecified atom stereocenters. The molecule has 0 radical (unpaired) electrons. The quantitative estimate of drug-likeness (QED) is 0.589. The molecule has 3 rings (SSSR count). The number of nitrogens with zero attached hydrogens (tertiary/aromatic N) is 2. The van der Waals surface area contributed by atoms with Crippen LogP contribution in [0.15, 0.2) is 48.5 Å². The van der Waals surface area contributed by atoms with Crippen molar-refractivity contribution in [3.63, 3.8) is 0 Å². The van der Waals surface area contributed by atoms with Crippen LogP contribution in [0.4, 0.5) is 0 Å². The van der Waals surface area contributed by atoms with Gasteiger partial charge in [0.2, 0.25) is 0 Å². The van der Waals surface area contributed by atoms with Gasteiger partial charge in [-0.2, -0.15) is 0 Å². The molecule has 0 aliphatic carbocycles. The molecule has 0 N–H and O–H groups in total. The minimum absolute atomic E-state index is 1.05. The van der Waals surface area contributed by atoms with E-state index in [1.807, 2.05) is 0 Å². The third-order valence-corrected chi connectivity index (χ3v) is 4.37. The van der Waals surface area contributed by atoms with Crippen LogP contribution in [0.1, 0.15) is 36.7 Å². The number of benzene rings is 2. The average Bonchev–Trinajstić information content (AvgIpc) is 2.88. The van der Waals surface area contributed by atoms with Gasteiger partial charge in [0, 0.05) is 6.54 Å². The highest BCUT2D eigenvalue weighted by Crippen LogP contribution is 2.17. The normalized spacial score (nSPS) is 11.2. The maximum atomic E-state index is 4.63. The molecule has 0 amide bonds. The summed E-state index contributed by atoms with van der Waals surface area (Å²) in [7, 11) is 0. The van der Waals surface area contributed by atoms with Gasteiger partial charge in [0.25, 0.3) is 0 Å². The highest BCUT2D eigenvalue weighted by molar-refractivity contribution is 5.75. The number of fused-ring (bicyclic) bond motifs is 1. The largest absolute Gasteiger partial charge is 0.328 e. The zero-order chi connectivity index (χ0) is 15.4. The Morgan fingerprint density at radius 2 is 1.64 bits per heavy atom. The zero-order valence-electron chi connectivity index (χ0n) is 13.5. The second-order valence-corrected chi connectivity index (χ2v) is 5.93. The smallest absolute Gasteiger partial charge is 0.106 e. The highest BCUT2D eigenvalue weighted by atomic mass is 15.1. The van der Waals surface area contributed by atoms with E-state index in [4.69, 9.17) is 0 Å². The van der Waals surface area contributed by atoms with E-state index in [-0.39, 0.29) is 0 Å². The summed E-state index contributed by atoms with van der Waals surface area (Å²) >= 11 is 0. The van der Waals surface area contributed by atoms with Crippen LogP contribution in [-0.4, -0.2) is 9.55 Å². The number of aromatic nitrogens is 2. The summed E-state index contributed by atoms with van der Waals surface area (Å²) in [4.78, 5) is 4.63. The molecule has 0 bridgehead atoms.